The first-order valence-electron chi connectivity index (χ1n) is 9.57. The fourth-order valence-electron chi connectivity index (χ4n) is 3.61. The van der Waals surface area contributed by atoms with E-state index in [9.17, 15) is 9.18 Å². The number of halogens is 1. The minimum atomic E-state index is -0.492. The van der Waals surface area contributed by atoms with Crippen LogP contribution in [0.2, 0.25) is 0 Å². The molecule has 2 aliphatic rings. The Bertz CT molecular complexity index is 947. The zero-order valence-corrected chi connectivity index (χ0v) is 17.4. The average molecular weight is 431 g/mol. The number of amides is 1. The van der Waals surface area contributed by atoms with E-state index in [-0.39, 0.29) is 18.6 Å². The van der Waals surface area contributed by atoms with E-state index in [1.807, 2.05) is 23.3 Å². The van der Waals surface area contributed by atoms with Gasteiger partial charge >= 0.3 is 6.09 Å². The van der Waals surface area contributed by atoms with Gasteiger partial charge in [-0.25, -0.2) is 14.2 Å². The summed E-state index contributed by atoms with van der Waals surface area (Å²) in [5.74, 6) is -0.380. The third-order valence-corrected chi connectivity index (χ3v) is 5.71. The molecule has 10 heteroatoms. The number of hydrogen-bond donors (Lipinski definition) is 2. The second-order valence-electron chi connectivity index (χ2n) is 6.95. The van der Waals surface area contributed by atoms with Crippen LogP contribution < -0.4 is 20.9 Å². The van der Waals surface area contributed by atoms with Crippen LogP contribution in [0.4, 0.5) is 20.6 Å². The maximum absolute atomic E-state index is 14.9. The highest BCUT2D eigenvalue weighted by molar-refractivity contribution is 8.13. The van der Waals surface area contributed by atoms with Crippen molar-refractivity contribution in [3.8, 4) is 0 Å². The van der Waals surface area contributed by atoms with Crippen LogP contribution in [0.1, 0.15) is 11.3 Å². The van der Waals surface area contributed by atoms with Gasteiger partial charge < -0.3 is 20.7 Å². The molecule has 0 radical (unpaired) electrons. The van der Waals surface area contributed by atoms with E-state index in [2.05, 4.69) is 15.3 Å². The standard InChI is InChI=1S/C20H23FN6O2S/c1-30-19(25-12-22)24-8-15-10-27(20(28)29-15)14-4-5-18(16(21)7-14)26-9-13-3-2-6-23-17(13)11-26/h2-7,15H,8-12,22H2,1H3,(H,24,25)/t15-/m0/s1. The number of cyclic esters (lactones) is 1. The molecule has 30 heavy (non-hydrogen) atoms. The second kappa shape index (κ2) is 8.88. The molecule has 158 valence electrons. The molecule has 1 aromatic carbocycles. The van der Waals surface area contributed by atoms with Crippen molar-refractivity contribution in [3.05, 3.63) is 53.6 Å². The Balaban J connectivity index is 1.42. The average Bonchev–Trinajstić information content (AvgIpc) is 3.34. The van der Waals surface area contributed by atoms with Crippen LogP contribution in [0.25, 0.3) is 0 Å². The molecule has 0 unspecified atom stereocenters. The third-order valence-electron chi connectivity index (χ3n) is 5.05. The van der Waals surface area contributed by atoms with Crippen LogP contribution in [0.5, 0.6) is 0 Å². The first-order chi connectivity index (χ1) is 14.6. The van der Waals surface area contributed by atoms with Crippen molar-refractivity contribution in [2.45, 2.75) is 19.2 Å². The van der Waals surface area contributed by atoms with Gasteiger partial charge in [0.15, 0.2) is 5.17 Å². The minimum Gasteiger partial charge on any atom is -0.442 e. The number of nitrogens with one attached hydrogen (secondary N) is 1. The lowest BCUT2D eigenvalue weighted by atomic mass is 10.2. The molecule has 0 aliphatic carbocycles. The molecule has 4 rings (SSSR count). The number of nitrogens with two attached hydrogens (primary N) is 1. The first-order valence-corrected chi connectivity index (χ1v) is 10.8. The molecule has 8 nitrogen and oxygen atoms in total. The Morgan fingerprint density at radius 2 is 2.30 bits per heavy atom. The van der Waals surface area contributed by atoms with Crippen molar-refractivity contribution in [3.63, 3.8) is 0 Å². The SMILES string of the molecule is CSC(=NCN)NC[C@H]1CN(c2ccc(N3Cc4cccnc4C3)c(F)c2)C(=O)O1. The van der Waals surface area contributed by atoms with E-state index in [0.29, 0.717) is 42.7 Å². The second-order valence-corrected chi connectivity index (χ2v) is 7.74. The summed E-state index contributed by atoms with van der Waals surface area (Å²) in [6, 6.07) is 8.72. The Kier molecular flexibility index (Phi) is 6.05. The fraction of sp³-hybridized carbons (Fsp3) is 0.350. The van der Waals surface area contributed by atoms with Gasteiger partial charge in [0.1, 0.15) is 11.9 Å². The highest BCUT2D eigenvalue weighted by atomic mass is 32.2. The molecule has 0 spiro atoms. The number of carbonyl (C=O) groups excluding carboxylic acids is 1. The number of thioether (sulfide) groups is 1. The van der Waals surface area contributed by atoms with Gasteiger partial charge in [-0.1, -0.05) is 17.8 Å². The number of hydrogen-bond acceptors (Lipinski definition) is 7. The zero-order chi connectivity index (χ0) is 21.1. The zero-order valence-electron chi connectivity index (χ0n) is 16.5. The molecular weight excluding hydrogens is 407 g/mol. The van der Waals surface area contributed by atoms with Crippen LogP contribution in [0, 0.1) is 5.82 Å². The smallest absolute Gasteiger partial charge is 0.414 e. The lowest BCUT2D eigenvalue weighted by Crippen LogP contribution is -2.33. The molecule has 1 fully saturated rings. The first kappa shape index (κ1) is 20.4. The van der Waals surface area contributed by atoms with Crippen molar-refractivity contribution in [1.82, 2.24) is 10.3 Å². The molecule has 1 atom stereocenters. The summed E-state index contributed by atoms with van der Waals surface area (Å²) in [5, 5.41) is 3.80. The van der Waals surface area contributed by atoms with Gasteiger partial charge in [0.05, 0.1) is 43.4 Å². The lowest BCUT2D eigenvalue weighted by molar-refractivity contribution is 0.143. The number of benzene rings is 1. The summed E-state index contributed by atoms with van der Waals surface area (Å²) in [6.45, 7) is 2.09. The van der Waals surface area contributed by atoms with Crippen LogP contribution in [-0.4, -0.2) is 48.4 Å². The summed E-state index contributed by atoms with van der Waals surface area (Å²) < 4.78 is 20.3. The van der Waals surface area contributed by atoms with Crippen molar-refractivity contribution in [2.24, 2.45) is 10.7 Å². The number of anilines is 2. The lowest BCUT2D eigenvalue weighted by Gasteiger charge is -2.20. The monoisotopic (exact) mass is 430 g/mol. The largest absolute Gasteiger partial charge is 0.442 e. The van der Waals surface area contributed by atoms with Gasteiger partial charge in [-0.3, -0.25) is 9.88 Å². The molecular formula is C20H23FN6O2S. The predicted octanol–water partition coefficient (Wildman–Crippen LogP) is 2.29. The summed E-state index contributed by atoms with van der Waals surface area (Å²) in [6.07, 6.45) is 2.77. The summed E-state index contributed by atoms with van der Waals surface area (Å²) in [7, 11) is 0. The number of ether oxygens (including phenoxy) is 1. The van der Waals surface area contributed by atoms with E-state index < -0.39 is 6.09 Å². The van der Waals surface area contributed by atoms with Crippen molar-refractivity contribution >= 4 is 34.4 Å². The van der Waals surface area contributed by atoms with E-state index in [1.165, 1.54) is 22.7 Å². The quantitative estimate of drug-likeness (QED) is 0.555. The summed E-state index contributed by atoms with van der Waals surface area (Å²) in [5.41, 5.74) is 8.45. The van der Waals surface area contributed by atoms with Crippen LogP contribution in [0.3, 0.4) is 0 Å². The van der Waals surface area contributed by atoms with Crippen LogP contribution in [-0.2, 0) is 17.8 Å². The number of aliphatic imine (C=N–C) groups is 1. The van der Waals surface area contributed by atoms with Crippen LogP contribution >= 0.6 is 11.8 Å². The minimum absolute atomic E-state index is 0.184. The van der Waals surface area contributed by atoms with E-state index in [1.54, 1.807) is 18.3 Å². The number of nitrogens with zero attached hydrogens (tertiary/aromatic N) is 4. The summed E-state index contributed by atoms with van der Waals surface area (Å²) >= 11 is 1.43. The van der Waals surface area contributed by atoms with E-state index in [4.69, 9.17) is 10.5 Å². The number of amidine groups is 1. The molecule has 2 aliphatic heterocycles. The van der Waals surface area contributed by atoms with E-state index >= 15 is 0 Å². The topological polar surface area (TPSA) is 96.1 Å². The van der Waals surface area contributed by atoms with Crippen molar-refractivity contribution in [1.29, 1.82) is 0 Å². The van der Waals surface area contributed by atoms with Gasteiger partial charge in [-0.05, 0) is 36.1 Å². The molecule has 1 aromatic heterocycles. The van der Waals surface area contributed by atoms with Gasteiger partial charge in [-0.15, -0.1) is 0 Å². The number of aromatic nitrogens is 1. The maximum atomic E-state index is 14.9. The molecule has 3 N–H and O–H groups in total. The van der Waals surface area contributed by atoms with Crippen LogP contribution in [0.15, 0.2) is 41.5 Å². The highest BCUT2D eigenvalue weighted by Gasteiger charge is 2.33. The molecule has 0 saturated carbocycles. The summed E-state index contributed by atoms with van der Waals surface area (Å²) in [4.78, 5) is 24.1. The Morgan fingerprint density at radius 1 is 1.43 bits per heavy atom. The van der Waals surface area contributed by atoms with Crippen molar-refractivity contribution < 1.29 is 13.9 Å². The Hall–Kier alpha value is -2.85. The number of carbonyl (C=O) groups is 1. The number of fused-ring (bicyclic) bond motifs is 1. The molecule has 3 heterocycles. The number of pyridine rings is 1. The molecule has 2 aromatic rings. The maximum Gasteiger partial charge on any atom is 0.414 e. The molecule has 0 bridgehead atoms. The molecule has 1 saturated heterocycles. The predicted molar refractivity (Wildman–Crippen MR) is 116 cm³/mol. The third kappa shape index (κ3) is 4.19. The highest BCUT2D eigenvalue weighted by Crippen LogP contribution is 2.32. The van der Waals surface area contributed by atoms with Crippen molar-refractivity contribution in [2.75, 3.05) is 35.8 Å². The van der Waals surface area contributed by atoms with Gasteiger partial charge in [0.2, 0.25) is 0 Å². The van der Waals surface area contributed by atoms with Gasteiger partial charge in [-0.2, -0.15) is 0 Å². The Morgan fingerprint density at radius 3 is 3.03 bits per heavy atom. The Labute approximate surface area is 178 Å². The van der Waals surface area contributed by atoms with E-state index in [0.717, 1.165) is 11.3 Å². The van der Waals surface area contributed by atoms with Gasteiger partial charge in [0, 0.05) is 12.7 Å². The van der Waals surface area contributed by atoms with Gasteiger partial charge in [0.25, 0.3) is 0 Å². The normalized spacial score (nSPS) is 18.6. The molecule has 1 amide bonds. The fourth-order valence-corrected chi connectivity index (χ4v) is 4.04. The number of rotatable bonds is 5.